The van der Waals surface area contributed by atoms with E-state index in [0.717, 1.165) is 31.4 Å². The van der Waals surface area contributed by atoms with Crippen LogP contribution < -0.4 is 5.73 Å². The fourth-order valence-corrected chi connectivity index (χ4v) is 1.27. The van der Waals surface area contributed by atoms with Crippen molar-refractivity contribution in [3.8, 4) is 0 Å². The summed E-state index contributed by atoms with van der Waals surface area (Å²) < 4.78 is 0. The van der Waals surface area contributed by atoms with E-state index in [0.29, 0.717) is 6.04 Å². The largest absolute Gasteiger partial charge is 0.390 e. The molecule has 1 aliphatic carbocycles. The van der Waals surface area contributed by atoms with Crippen molar-refractivity contribution in [1.29, 1.82) is 0 Å². The van der Waals surface area contributed by atoms with Gasteiger partial charge in [0.05, 0.1) is 5.71 Å². The second-order valence-corrected chi connectivity index (χ2v) is 4.70. The van der Waals surface area contributed by atoms with Crippen LogP contribution in [0.25, 0.3) is 0 Å². The lowest BCUT2D eigenvalue weighted by atomic mass is 9.95. The fraction of sp³-hybridized carbons (Fsp3) is 0.900. The average Bonchev–Trinajstić information content (AvgIpc) is 2.02. The first-order chi connectivity index (χ1) is 5.97. The van der Waals surface area contributed by atoms with Crippen LogP contribution >= 0.6 is 0 Å². The van der Waals surface area contributed by atoms with Crippen LogP contribution in [0, 0.1) is 0 Å². The molecule has 0 radical (unpaired) electrons. The molecule has 1 rings (SSSR count). The third-order valence-corrected chi connectivity index (χ3v) is 2.06. The third kappa shape index (κ3) is 4.27. The van der Waals surface area contributed by atoms with E-state index in [4.69, 9.17) is 10.6 Å². The van der Waals surface area contributed by atoms with E-state index in [1.54, 1.807) is 0 Å². The SMILES string of the molecule is CC(C)(C)ON=C1CCC(N)CC1. The summed E-state index contributed by atoms with van der Waals surface area (Å²) in [6, 6.07) is 0.369. The smallest absolute Gasteiger partial charge is 0.129 e. The zero-order valence-electron chi connectivity index (χ0n) is 8.84. The van der Waals surface area contributed by atoms with Gasteiger partial charge in [0.1, 0.15) is 5.60 Å². The first-order valence-electron chi connectivity index (χ1n) is 4.97. The lowest BCUT2D eigenvalue weighted by Gasteiger charge is -2.21. The van der Waals surface area contributed by atoms with Crippen LogP contribution in [-0.2, 0) is 4.84 Å². The normalized spacial score (nSPS) is 24.3. The second-order valence-electron chi connectivity index (χ2n) is 4.70. The lowest BCUT2D eigenvalue weighted by Crippen LogP contribution is -2.27. The summed E-state index contributed by atoms with van der Waals surface area (Å²) in [5.74, 6) is 0. The van der Waals surface area contributed by atoms with Gasteiger partial charge in [0, 0.05) is 6.04 Å². The van der Waals surface area contributed by atoms with Crippen molar-refractivity contribution < 1.29 is 4.84 Å². The molecule has 76 valence electrons. The van der Waals surface area contributed by atoms with Crippen LogP contribution in [0.15, 0.2) is 5.16 Å². The maximum atomic E-state index is 5.78. The standard InChI is InChI=1S/C10H20N2O/c1-10(2,3)13-12-9-6-4-8(11)5-7-9/h8H,4-7,11H2,1-3H3. The number of hydrogen-bond acceptors (Lipinski definition) is 3. The highest BCUT2D eigenvalue weighted by molar-refractivity contribution is 5.84. The molecule has 0 bridgehead atoms. The average molecular weight is 184 g/mol. The van der Waals surface area contributed by atoms with Gasteiger partial charge < -0.3 is 10.6 Å². The molecule has 0 atom stereocenters. The Labute approximate surface area is 80.3 Å². The molecule has 0 aromatic heterocycles. The minimum Gasteiger partial charge on any atom is -0.390 e. The highest BCUT2D eigenvalue weighted by Crippen LogP contribution is 2.16. The Morgan fingerprint density at radius 1 is 1.31 bits per heavy atom. The molecule has 1 saturated carbocycles. The van der Waals surface area contributed by atoms with Crippen LogP contribution in [0.2, 0.25) is 0 Å². The van der Waals surface area contributed by atoms with E-state index in [-0.39, 0.29) is 5.60 Å². The molecule has 2 N–H and O–H groups in total. The summed E-state index contributed by atoms with van der Waals surface area (Å²) >= 11 is 0. The van der Waals surface area contributed by atoms with Crippen molar-refractivity contribution in [2.75, 3.05) is 0 Å². The molecular weight excluding hydrogens is 164 g/mol. The van der Waals surface area contributed by atoms with E-state index in [1.165, 1.54) is 0 Å². The van der Waals surface area contributed by atoms with Gasteiger partial charge in [-0.3, -0.25) is 0 Å². The molecule has 0 amide bonds. The molecule has 0 aromatic rings. The summed E-state index contributed by atoms with van der Waals surface area (Å²) in [5.41, 5.74) is 6.77. The van der Waals surface area contributed by atoms with Crippen molar-refractivity contribution in [3.63, 3.8) is 0 Å². The van der Waals surface area contributed by atoms with Gasteiger partial charge in [-0.1, -0.05) is 5.16 Å². The quantitative estimate of drug-likeness (QED) is 0.634. The number of oxime groups is 1. The Balaban J connectivity index is 2.36. The van der Waals surface area contributed by atoms with Gasteiger partial charge in [-0.15, -0.1) is 0 Å². The zero-order chi connectivity index (χ0) is 9.90. The van der Waals surface area contributed by atoms with Crippen molar-refractivity contribution in [2.45, 2.75) is 58.1 Å². The van der Waals surface area contributed by atoms with Crippen LogP contribution in [0.5, 0.6) is 0 Å². The topological polar surface area (TPSA) is 47.6 Å². The van der Waals surface area contributed by atoms with E-state index in [1.807, 2.05) is 20.8 Å². The molecule has 3 nitrogen and oxygen atoms in total. The molecule has 0 spiro atoms. The minimum absolute atomic E-state index is 0.174. The molecule has 1 fully saturated rings. The van der Waals surface area contributed by atoms with Crippen molar-refractivity contribution in [3.05, 3.63) is 0 Å². The molecule has 0 unspecified atom stereocenters. The molecule has 1 aliphatic rings. The van der Waals surface area contributed by atoms with Gasteiger partial charge in [0.2, 0.25) is 0 Å². The lowest BCUT2D eigenvalue weighted by molar-refractivity contribution is -0.0000551. The predicted octanol–water partition coefficient (Wildman–Crippen LogP) is 2.06. The van der Waals surface area contributed by atoms with Crippen LogP contribution in [0.4, 0.5) is 0 Å². The summed E-state index contributed by atoms with van der Waals surface area (Å²) in [6.45, 7) is 6.02. The monoisotopic (exact) mass is 184 g/mol. The van der Waals surface area contributed by atoms with Crippen molar-refractivity contribution in [2.24, 2.45) is 10.9 Å². The summed E-state index contributed by atoms with van der Waals surface area (Å²) in [6.07, 6.45) is 4.09. The number of nitrogens with two attached hydrogens (primary N) is 1. The predicted molar refractivity (Wildman–Crippen MR) is 54.7 cm³/mol. The number of rotatable bonds is 1. The van der Waals surface area contributed by atoms with E-state index in [2.05, 4.69) is 5.16 Å². The molecular formula is C10H20N2O. The Morgan fingerprint density at radius 2 is 1.85 bits per heavy atom. The van der Waals surface area contributed by atoms with Gasteiger partial charge in [-0.25, -0.2) is 0 Å². The highest BCUT2D eigenvalue weighted by atomic mass is 16.6. The number of hydrogen-bond donors (Lipinski definition) is 1. The minimum atomic E-state index is -0.174. The van der Waals surface area contributed by atoms with Crippen LogP contribution in [0.1, 0.15) is 46.5 Å². The zero-order valence-corrected chi connectivity index (χ0v) is 8.84. The van der Waals surface area contributed by atoms with Gasteiger partial charge in [-0.2, -0.15) is 0 Å². The summed E-state index contributed by atoms with van der Waals surface area (Å²) in [5, 5.41) is 4.15. The van der Waals surface area contributed by atoms with Crippen LogP contribution in [-0.4, -0.2) is 17.4 Å². The molecule has 3 heteroatoms. The second kappa shape index (κ2) is 4.09. The first kappa shape index (κ1) is 10.5. The maximum Gasteiger partial charge on any atom is 0.129 e. The summed E-state index contributed by atoms with van der Waals surface area (Å²) in [4.78, 5) is 5.35. The Bertz CT molecular complexity index is 184. The Hall–Kier alpha value is -0.570. The fourth-order valence-electron chi connectivity index (χ4n) is 1.27. The van der Waals surface area contributed by atoms with Crippen molar-refractivity contribution >= 4 is 5.71 Å². The highest BCUT2D eigenvalue weighted by Gasteiger charge is 2.16. The Kier molecular flexibility index (Phi) is 3.31. The molecule has 13 heavy (non-hydrogen) atoms. The van der Waals surface area contributed by atoms with E-state index in [9.17, 15) is 0 Å². The first-order valence-corrected chi connectivity index (χ1v) is 4.97. The van der Waals surface area contributed by atoms with E-state index >= 15 is 0 Å². The Morgan fingerprint density at radius 3 is 2.31 bits per heavy atom. The molecule has 0 aliphatic heterocycles. The van der Waals surface area contributed by atoms with Crippen molar-refractivity contribution in [1.82, 2.24) is 0 Å². The molecule has 0 saturated heterocycles. The maximum absolute atomic E-state index is 5.78. The van der Waals surface area contributed by atoms with Gasteiger partial charge in [-0.05, 0) is 46.5 Å². The van der Waals surface area contributed by atoms with Gasteiger partial charge in [0.15, 0.2) is 0 Å². The van der Waals surface area contributed by atoms with Crippen LogP contribution in [0.3, 0.4) is 0 Å². The molecule has 0 aromatic carbocycles. The third-order valence-electron chi connectivity index (χ3n) is 2.06. The van der Waals surface area contributed by atoms with Gasteiger partial charge >= 0.3 is 0 Å². The number of nitrogens with zero attached hydrogens (tertiary/aromatic N) is 1. The van der Waals surface area contributed by atoms with E-state index < -0.39 is 0 Å². The van der Waals surface area contributed by atoms with Gasteiger partial charge in [0.25, 0.3) is 0 Å². The summed E-state index contributed by atoms with van der Waals surface area (Å²) in [7, 11) is 0. The molecule has 0 heterocycles.